The van der Waals surface area contributed by atoms with E-state index in [2.05, 4.69) is 272 Å². The van der Waals surface area contributed by atoms with Gasteiger partial charge in [-0.1, -0.05) is 243 Å². The highest BCUT2D eigenvalue weighted by Crippen LogP contribution is 2.46. The van der Waals surface area contributed by atoms with Crippen molar-refractivity contribution >= 4 is 45.1 Å². The molecule has 0 unspecified atom stereocenters. The Labute approximate surface area is 380 Å². The third kappa shape index (κ3) is 7.79. The van der Waals surface area contributed by atoms with Gasteiger partial charge < -0.3 is 0 Å². The van der Waals surface area contributed by atoms with Crippen molar-refractivity contribution in [3.05, 3.63) is 288 Å². The molecule has 0 aliphatic carbocycles. The molecule has 0 fully saturated rings. The molecule has 1 aromatic heterocycles. The van der Waals surface area contributed by atoms with Gasteiger partial charge in [0.05, 0.1) is 11.0 Å². The van der Waals surface area contributed by atoms with Gasteiger partial charge >= 0.3 is 0 Å². The summed E-state index contributed by atoms with van der Waals surface area (Å²) in [6, 6.07) is 90.8. The zero-order chi connectivity index (χ0) is 43.4. The highest BCUT2D eigenvalue weighted by atomic mass is 15.1. The molecule has 65 heavy (non-hydrogen) atoms. The van der Waals surface area contributed by atoms with Crippen LogP contribution in [0.15, 0.2) is 255 Å². The van der Waals surface area contributed by atoms with E-state index in [1.165, 1.54) is 38.8 Å². The van der Waals surface area contributed by atoms with Crippen molar-refractivity contribution in [1.29, 1.82) is 0 Å². The average Bonchev–Trinajstić information content (AvgIpc) is 3.78. The maximum absolute atomic E-state index is 5.69. The van der Waals surface area contributed by atoms with Crippen molar-refractivity contribution in [2.45, 2.75) is 0 Å². The van der Waals surface area contributed by atoms with Crippen molar-refractivity contribution < 1.29 is 0 Å². The number of hydrogen-bond donors (Lipinski definition) is 0. The van der Waals surface area contributed by atoms with Crippen LogP contribution in [-0.4, -0.2) is 9.55 Å². The van der Waals surface area contributed by atoms with Crippen molar-refractivity contribution in [1.82, 2.24) is 9.55 Å². The minimum atomic E-state index is 0.898. The van der Waals surface area contributed by atoms with Gasteiger partial charge in [-0.25, -0.2) is 4.98 Å². The predicted molar refractivity (Wildman–Crippen MR) is 275 cm³/mol. The Hall–Kier alpha value is -8.59. The van der Waals surface area contributed by atoms with E-state index in [0.717, 1.165) is 66.9 Å². The molecule has 1 heterocycles. The normalized spacial score (nSPS) is 11.1. The predicted octanol–water partition coefficient (Wildman–Crippen LogP) is 16.4. The minimum Gasteiger partial charge on any atom is -0.292 e. The molecule has 0 amide bonds. The van der Waals surface area contributed by atoms with Gasteiger partial charge in [-0.3, -0.25) is 4.57 Å². The standard InChI is InChI=1S/C63H44N2/c1-7-21-47(22-8-1)57(48-23-9-2-10-24-48)43-45-35-39-51(40-36-45)59-55-33-19-20-34-56(55)60(62-61(59)64-63(53-29-15-5-16-30-53)65(62)54-31-17-6-18-32-54)52-41-37-46(38-42-52)44-58(49-25-11-3-12-26-49)50-27-13-4-14-28-50/h1-44H. The number of rotatable bonds is 10. The van der Waals surface area contributed by atoms with Gasteiger partial charge in [0.2, 0.25) is 0 Å². The van der Waals surface area contributed by atoms with Gasteiger partial charge in [0.15, 0.2) is 0 Å². The largest absolute Gasteiger partial charge is 0.292 e. The Morgan fingerprint density at radius 3 is 1.11 bits per heavy atom. The highest BCUT2D eigenvalue weighted by Gasteiger charge is 2.25. The molecule has 11 aromatic rings. The number of imidazole rings is 1. The van der Waals surface area contributed by atoms with E-state index in [9.17, 15) is 0 Å². The lowest BCUT2D eigenvalue weighted by molar-refractivity contribution is 1.10. The summed E-state index contributed by atoms with van der Waals surface area (Å²) in [7, 11) is 0. The van der Waals surface area contributed by atoms with Crippen LogP contribution in [0.3, 0.4) is 0 Å². The fraction of sp³-hybridized carbons (Fsp3) is 0. The molecule has 306 valence electrons. The molecule has 0 atom stereocenters. The summed E-state index contributed by atoms with van der Waals surface area (Å²) >= 11 is 0. The molecular formula is C63H44N2. The Kier molecular flexibility index (Phi) is 10.7. The summed E-state index contributed by atoms with van der Waals surface area (Å²) in [5.74, 6) is 0.898. The lowest BCUT2D eigenvalue weighted by atomic mass is 9.89. The summed E-state index contributed by atoms with van der Waals surface area (Å²) in [6.07, 6.45) is 4.60. The van der Waals surface area contributed by atoms with Crippen LogP contribution >= 0.6 is 0 Å². The third-order valence-electron chi connectivity index (χ3n) is 12.2. The van der Waals surface area contributed by atoms with E-state index in [0.29, 0.717) is 0 Å². The molecule has 0 saturated heterocycles. The van der Waals surface area contributed by atoms with Crippen LogP contribution in [0.5, 0.6) is 0 Å². The third-order valence-corrected chi connectivity index (χ3v) is 12.2. The SMILES string of the molecule is C(=C(c1ccccc1)c1ccccc1)c1ccc(-c2c3ccccc3c(-c3ccc(C=C(c4ccccc4)c4ccccc4)cc3)c3c2nc(-c2ccccc2)n3-c2ccccc2)cc1. The van der Waals surface area contributed by atoms with Gasteiger partial charge in [0.1, 0.15) is 5.82 Å². The van der Waals surface area contributed by atoms with E-state index >= 15 is 0 Å². The topological polar surface area (TPSA) is 17.8 Å². The number of nitrogens with zero attached hydrogens (tertiary/aromatic N) is 2. The van der Waals surface area contributed by atoms with Crippen molar-refractivity contribution in [3.8, 4) is 39.3 Å². The van der Waals surface area contributed by atoms with Gasteiger partial charge in [-0.15, -0.1) is 0 Å². The second-order valence-electron chi connectivity index (χ2n) is 16.3. The van der Waals surface area contributed by atoms with Crippen LogP contribution < -0.4 is 0 Å². The van der Waals surface area contributed by atoms with Gasteiger partial charge in [-0.2, -0.15) is 0 Å². The average molecular weight is 829 g/mol. The number of aromatic nitrogens is 2. The van der Waals surface area contributed by atoms with Crippen LogP contribution in [0.1, 0.15) is 33.4 Å². The molecule has 0 aliphatic heterocycles. The molecule has 0 radical (unpaired) electrons. The zero-order valence-corrected chi connectivity index (χ0v) is 35.8. The Balaban J connectivity index is 1.13. The van der Waals surface area contributed by atoms with Crippen molar-refractivity contribution in [2.75, 3.05) is 0 Å². The molecule has 0 N–H and O–H groups in total. The van der Waals surface area contributed by atoms with Crippen molar-refractivity contribution in [3.63, 3.8) is 0 Å². The Morgan fingerprint density at radius 1 is 0.323 bits per heavy atom. The quantitative estimate of drug-likeness (QED) is 0.126. The minimum absolute atomic E-state index is 0.898. The second kappa shape index (κ2) is 17.6. The van der Waals surface area contributed by atoms with Crippen LogP contribution in [0.4, 0.5) is 0 Å². The van der Waals surface area contributed by atoms with Crippen molar-refractivity contribution in [2.24, 2.45) is 0 Å². The maximum Gasteiger partial charge on any atom is 0.145 e. The molecule has 10 aromatic carbocycles. The first-order valence-electron chi connectivity index (χ1n) is 22.2. The lowest BCUT2D eigenvalue weighted by Crippen LogP contribution is -1.99. The fourth-order valence-corrected chi connectivity index (χ4v) is 9.16. The molecule has 0 spiro atoms. The fourth-order valence-electron chi connectivity index (χ4n) is 9.16. The molecular weight excluding hydrogens is 785 g/mol. The summed E-state index contributed by atoms with van der Waals surface area (Å²) in [6.45, 7) is 0. The number of hydrogen-bond acceptors (Lipinski definition) is 1. The highest BCUT2D eigenvalue weighted by molar-refractivity contribution is 6.20. The summed E-state index contributed by atoms with van der Waals surface area (Å²) < 4.78 is 2.37. The van der Waals surface area contributed by atoms with Gasteiger partial charge in [-0.05, 0) is 90.7 Å². The second-order valence-corrected chi connectivity index (χ2v) is 16.3. The molecule has 2 nitrogen and oxygen atoms in total. The first kappa shape index (κ1) is 39.3. The maximum atomic E-state index is 5.69. The molecule has 0 bridgehead atoms. The molecule has 11 rings (SSSR count). The van der Waals surface area contributed by atoms with E-state index in [-0.39, 0.29) is 0 Å². The van der Waals surface area contributed by atoms with Crippen LogP contribution in [0.2, 0.25) is 0 Å². The summed E-state index contributed by atoms with van der Waals surface area (Å²) in [5, 5.41) is 2.33. The molecule has 0 aliphatic rings. The Bertz CT molecular complexity index is 3360. The van der Waals surface area contributed by atoms with E-state index < -0.39 is 0 Å². The monoisotopic (exact) mass is 828 g/mol. The first-order valence-corrected chi connectivity index (χ1v) is 22.2. The number of fused-ring (bicyclic) bond motifs is 2. The molecule has 0 saturated carbocycles. The van der Waals surface area contributed by atoms with E-state index in [1.54, 1.807) is 0 Å². The molecule has 2 heteroatoms. The van der Waals surface area contributed by atoms with E-state index in [4.69, 9.17) is 4.98 Å². The van der Waals surface area contributed by atoms with Gasteiger partial charge in [0, 0.05) is 22.4 Å². The summed E-state index contributed by atoms with van der Waals surface area (Å²) in [5.41, 5.74) is 18.0. The first-order chi connectivity index (χ1) is 32.3. The van der Waals surface area contributed by atoms with Crippen LogP contribution in [0, 0.1) is 0 Å². The van der Waals surface area contributed by atoms with E-state index in [1.807, 2.05) is 0 Å². The number of para-hydroxylation sites is 1. The van der Waals surface area contributed by atoms with Crippen LogP contribution in [-0.2, 0) is 0 Å². The smallest absolute Gasteiger partial charge is 0.145 e. The zero-order valence-electron chi connectivity index (χ0n) is 35.8. The van der Waals surface area contributed by atoms with Crippen LogP contribution in [0.25, 0.3) is 84.4 Å². The number of benzene rings is 10. The summed E-state index contributed by atoms with van der Waals surface area (Å²) in [4.78, 5) is 5.69. The Morgan fingerprint density at radius 2 is 0.677 bits per heavy atom. The van der Waals surface area contributed by atoms with Gasteiger partial charge in [0.25, 0.3) is 0 Å². The lowest BCUT2D eigenvalue weighted by Gasteiger charge is -2.18.